The van der Waals surface area contributed by atoms with Crippen LogP contribution in [0.25, 0.3) is 89.1 Å². The molecular weight excluding hydrogens is 753 g/mol. The molecule has 4 saturated carbocycles. The molecule has 0 aliphatic heterocycles. The van der Waals surface area contributed by atoms with Crippen molar-refractivity contribution in [2.24, 2.45) is 17.8 Å². The summed E-state index contributed by atoms with van der Waals surface area (Å²) in [4.78, 5) is 15.6. The monoisotopic (exact) mass is 796 g/mol. The highest BCUT2D eigenvalue weighted by atomic mass is 15.0. The average molecular weight is 797 g/mol. The van der Waals surface area contributed by atoms with E-state index in [9.17, 15) is 5.26 Å². The van der Waals surface area contributed by atoms with Crippen LogP contribution in [0.3, 0.4) is 0 Å². The van der Waals surface area contributed by atoms with Crippen molar-refractivity contribution in [2.45, 2.75) is 43.9 Å². The van der Waals surface area contributed by atoms with E-state index < -0.39 is 0 Å². The van der Waals surface area contributed by atoms with E-state index in [-0.39, 0.29) is 0 Å². The fourth-order valence-corrected chi connectivity index (χ4v) is 11.9. The fraction of sp³-hybridized carbons (Fsp3) is 0.172. The summed E-state index contributed by atoms with van der Waals surface area (Å²) in [7, 11) is 0. The molecule has 0 spiro atoms. The summed E-state index contributed by atoms with van der Waals surface area (Å²) in [5.74, 6) is 4.70. The summed E-state index contributed by atoms with van der Waals surface area (Å²) in [6.07, 6.45) is 8.37. The number of hydrogen-bond donors (Lipinski definition) is 0. The quantitative estimate of drug-likeness (QED) is 0.151. The second kappa shape index (κ2) is 14.8. The number of hydrogen-bond acceptors (Lipinski definition) is 4. The van der Waals surface area contributed by atoms with Gasteiger partial charge in [0.15, 0.2) is 17.5 Å². The molecule has 0 radical (unpaired) electrons. The van der Waals surface area contributed by atoms with Gasteiger partial charge in [0, 0.05) is 16.7 Å². The average Bonchev–Trinajstić information content (AvgIpc) is 3.33. The van der Waals surface area contributed by atoms with E-state index in [2.05, 4.69) is 170 Å². The first kappa shape index (κ1) is 36.6. The van der Waals surface area contributed by atoms with Crippen molar-refractivity contribution in [3.8, 4) is 73.6 Å². The third-order valence-corrected chi connectivity index (χ3v) is 14.3. The first-order valence-electron chi connectivity index (χ1n) is 22.2. The Labute approximate surface area is 362 Å². The number of nitriles is 1. The van der Waals surface area contributed by atoms with Gasteiger partial charge in [-0.05, 0) is 140 Å². The Balaban J connectivity index is 0.961. The maximum Gasteiger partial charge on any atom is 0.164 e. The Morgan fingerprint density at radius 2 is 0.790 bits per heavy atom. The molecule has 8 aromatic carbocycles. The molecule has 4 aliphatic rings. The summed E-state index contributed by atoms with van der Waals surface area (Å²) in [5, 5.41) is 14.2. The first-order chi connectivity index (χ1) is 30.6. The third kappa shape index (κ3) is 6.31. The molecule has 0 atom stereocenters. The second-order valence-corrected chi connectivity index (χ2v) is 18.1. The van der Waals surface area contributed by atoms with Crippen LogP contribution in [0, 0.1) is 29.1 Å². The van der Waals surface area contributed by atoms with Gasteiger partial charge in [0.05, 0.1) is 11.6 Å². The van der Waals surface area contributed by atoms with Crippen LogP contribution in [0.2, 0.25) is 0 Å². The topological polar surface area (TPSA) is 62.5 Å². The van der Waals surface area contributed by atoms with Crippen molar-refractivity contribution >= 4 is 21.5 Å². The summed E-state index contributed by atoms with van der Waals surface area (Å²) in [6, 6.07) is 64.6. The Morgan fingerprint density at radius 3 is 1.29 bits per heavy atom. The van der Waals surface area contributed by atoms with Gasteiger partial charge in [-0.15, -0.1) is 0 Å². The molecular formula is C58H44N4. The molecule has 4 bridgehead atoms. The molecule has 296 valence electrons. The molecule has 0 N–H and O–H groups in total. The molecule has 4 fully saturated rings. The highest BCUT2D eigenvalue weighted by molar-refractivity contribution is 6.21. The molecule has 4 nitrogen and oxygen atoms in total. The molecule has 9 aromatic rings. The minimum Gasteiger partial charge on any atom is -0.208 e. The lowest BCUT2D eigenvalue weighted by Gasteiger charge is -2.57. The number of nitrogens with zero attached hydrogens (tertiary/aromatic N) is 4. The third-order valence-electron chi connectivity index (χ3n) is 14.3. The van der Waals surface area contributed by atoms with E-state index in [0.717, 1.165) is 56.7 Å². The standard InChI is InChI=1S/C58H44N4/c59-36-37-17-19-42(20-18-37)53-49-13-4-6-15-51(49)54(52-16-7-5-14-50(52)53)43-21-23-44(24-22-43)55-60-56(62-57(61-55)47-12-8-11-46(32-47)41-9-2-1-3-10-41)45-25-27-48(28-26-45)58-33-38-29-39(34-58)31-40(30-38)35-58/h1-28,32,38-40H,29-31,33-35H2. The van der Waals surface area contributed by atoms with Crippen molar-refractivity contribution in [1.29, 1.82) is 5.26 Å². The van der Waals surface area contributed by atoms with Gasteiger partial charge in [-0.1, -0.05) is 158 Å². The van der Waals surface area contributed by atoms with E-state index >= 15 is 0 Å². The minimum absolute atomic E-state index is 0.336. The Hall–Kier alpha value is -7.22. The summed E-state index contributed by atoms with van der Waals surface area (Å²) >= 11 is 0. The van der Waals surface area contributed by atoms with Crippen molar-refractivity contribution < 1.29 is 0 Å². The molecule has 4 heteroatoms. The van der Waals surface area contributed by atoms with Crippen LogP contribution in [0.4, 0.5) is 0 Å². The smallest absolute Gasteiger partial charge is 0.164 e. The zero-order chi connectivity index (χ0) is 41.2. The van der Waals surface area contributed by atoms with Crippen molar-refractivity contribution in [3.05, 3.63) is 187 Å². The van der Waals surface area contributed by atoms with Gasteiger partial charge >= 0.3 is 0 Å². The van der Waals surface area contributed by atoms with E-state index in [1.165, 1.54) is 76.8 Å². The van der Waals surface area contributed by atoms with Crippen molar-refractivity contribution in [1.82, 2.24) is 15.0 Å². The lowest BCUT2D eigenvalue weighted by atomic mass is 9.48. The summed E-state index contributed by atoms with van der Waals surface area (Å²) < 4.78 is 0. The molecule has 1 aromatic heterocycles. The zero-order valence-corrected chi connectivity index (χ0v) is 34.5. The molecule has 0 unspecified atom stereocenters. The van der Waals surface area contributed by atoms with Crippen LogP contribution in [0.1, 0.15) is 49.7 Å². The van der Waals surface area contributed by atoms with E-state index in [1.807, 2.05) is 12.1 Å². The molecule has 0 amide bonds. The normalized spacial score (nSPS) is 20.1. The van der Waals surface area contributed by atoms with E-state index in [0.29, 0.717) is 28.5 Å². The number of fused-ring (bicyclic) bond motifs is 2. The molecule has 1 heterocycles. The fourth-order valence-electron chi connectivity index (χ4n) is 11.9. The first-order valence-corrected chi connectivity index (χ1v) is 22.2. The van der Waals surface area contributed by atoms with E-state index in [1.54, 1.807) is 0 Å². The van der Waals surface area contributed by atoms with Crippen LogP contribution in [0.15, 0.2) is 176 Å². The van der Waals surface area contributed by atoms with Gasteiger partial charge in [0.1, 0.15) is 0 Å². The number of aromatic nitrogens is 3. The Kier molecular flexibility index (Phi) is 8.71. The van der Waals surface area contributed by atoms with Gasteiger partial charge in [-0.25, -0.2) is 15.0 Å². The Bertz CT molecular complexity index is 3110. The lowest BCUT2D eigenvalue weighted by Crippen LogP contribution is -2.48. The van der Waals surface area contributed by atoms with Crippen LogP contribution < -0.4 is 0 Å². The maximum absolute atomic E-state index is 9.50. The van der Waals surface area contributed by atoms with Crippen LogP contribution >= 0.6 is 0 Å². The van der Waals surface area contributed by atoms with Crippen LogP contribution in [0.5, 0.6) is 0 Å². The lowest BCUT2D eigenvalue weighted by molar-refractivity contribution is -0.00518. The maximum atomic E-state index is 9.50. The molecule has 13 rings (SSSR count). The molecule has 62 heavy (non-hydrogen) atoms. The molecule has 4 aliphatic carbocycles. The van der Waals surface area contributed by atoms with Gasteiger partial charge in [-0.3, -0.25) is 0 Å². The predicted molar refractivity (Wildman–Crippen MR) is 252 cm³/mol. The van der Waals surface area contributed by atoms with Gasteiger partial charge in [0.25, 0.3) is 0 Å². The number of rotatable bonds is 7. The van der Waals surface area contributed by atoms with Gasteiger partial charge in [-0.2, -0.15) is 5.26 Å². The minimum atomic E-state index is 0.336. The summed E-state index contributed by atoms with van der Waals surface area (Å²) in [5.41, 5.74) is 12.3. The number of benzene rings is 8. The van der Waals surface area contributed by atoms with Crippen LogP contribution in [-0.2, 0) is 5.41 Å². The van der Waals surface area contributed by atoms with Gasteiger partial charge < -0.3 is 0 Å². The van der Waals surface area contributed by atoms with Crippen LogP contribution in [-0.4, -0.2) is 15.0 Å². The molecule has 0 saturated heterocycles. The predicted octanol–water partition coefficient (Wildman–Crippen LogP) is 14.5. The van der Waals surface area contributed by atoms with Gasteiger partial charge in [0.2, 0.25) is 0 Å². The Morgan fingerprint density at radius 1 is 0.387 bits per heavy atom. The SMILES string of the molecule is N#Cc1ccc(-c2c3ccccc3c(-c3ccc(-c4nc(-c5ccc(C67CC8CC(CC(C8)C6)C7)cc5)nc(-c5cccc(-c6ccccc6)c5)n4)cc3)c3ccccc23)cc1. The van der Waals surface area contributed by atoms with E-state index in [4.69, 9.17) is 15.0 Å². The van der Waals surface area contributed by atoms with Crippen molar-refractivity contribution in [2.75, 3.05) is 0 Å². The largest absolute Gasteiger partial charge is 0.208 e. The zero-order valence-electron chi connectivity index (χ0n) is 34.5. The summed E-state index contributed by atoms with van der Waals surface area (Å²) in [6.45, 7) is 0. The highest BCUT2D eigenvalue weighted by Crippen LogP contribution is 2.60. The second-order valence-electron chi connectivity index (χ2n) is 18.1. The van der Waals surface area contributed by atoms with Crippen molar-refractivity contribution in [3.63, 3.8) is 0 Å². The highest BCUT2D eigenvalue weighted by Gasteiger charge is 2.51.